The second kappa shape index (κ2) is 5.95. The molecule has 1 atom stereocenters. The van der Waals surface area contributed by atoms with Gasteiger partial charge in [-0.05, 0) is 26.2 Å². The fourth-order valence-corrected chi connectivity index (χ4v) is 1.61. The number of aliphatic hydroxyl groups is 1. The van der Waals surface area contributed by atoms with Crippen LogP contribution in [0.3, 0.4) is 0 Å². The summed E-state index contributed by atoms with van der Waals surface area (Å²) in [6.07, 6.45) is 3.27. The molecule has 18 heavy (non-hydrogen) atoms. The van der Waals surface area contributed by atoms with Crippen molar-refractivity contribution in [3.05, 3.63) is 11.7 Å². The molecule has 100 valence electrons. The van der Waals surface area contributed by atoms with Gasteiger partial charge in [0.1, 0.15) is 0 Å². The lowest BCUT2D eigenvalue weighted by Crippen LogP contribution is -2.26. The van der Waals surface area contributed by atoms with Gasteiger partial charge in [-0.15, -0.1) is 0 Å². The predicted octanol–water partition coefficient (Wildman–Crippen LogP) is 0.767. The Labute approximate surface area is 106 Å². The Hall–Kier alpha value is -1.43. The van der Waals surface area contributed by atoms with Crippen LogP contribution in [0.5, 0.6) is 0 Å². The van der Waals surface area contributed by atoms with Crippen LogP contribution >= 0.6 is 0 Å². The van der Waals surface area contributed by atoms with Gasteiger partial charge in [0.15, 0.2) is 5.82 Å². The van der Waals surface area contributed by atoms with E-state index >= 15 is 0 Å². The summed E-state index contributed by atoms with van der Waals surface area (Å²) in [5, 5.41) is 15.7. The lowest BCUT2D eigenvalue weighted by atomic mass is 10.2. The largest absolute Gasteiger partial charge is 0.393 e. The van der Waals surface area contributed by atoms with E-state index in [1.54, 1.807) is 6.92 Å². The molecule has 2 rings (SSSR count). The Kier molecular flexibility index (Phi) is 4.30. The standard InChI is InChI=1S/C12H19N3O3/c1-8(16)6-7-13-10(17)4-5-11-14-12(15-18-11)9-2-3-9/h8-9,16H,2-7H2,1H3,(H,13,17). The zero-order valence-corrected chi connectivity index (χ0v) is 10.6. The van der Waals surface area contributed by atoms with Crippen molar-refractivity contribution in [3.8, 4) is 0 Å². The third-order valence-corrected chi connectivity index (χ3v) is 2.88. The minimum absolute atomic E-state index is 0.0539. The molecule has 0 aliphatic heterocycles. The van der Waals surface area contributed by atoms with Crippen LogP contribution in [0, 0.1) is 0 Å². The molecule has 0 saturated heterocycles. The fourth-order valence-electron chi connectivity index (χ4n) is 1.61. The summed E-state index contributed by atoms with van der Waals surface area (Å²) >= 11 is 0. The molecule has 0 radical (unpaired) electrons. The van der Waals surface area contributed by atoms with Gasteiger partial charge >= 0.3 is 0 Å². The normalized spacial score (nSPS) is 16.6. The Balaban J connectivity index is 1.65. The Morgan fingerprint density at radius 2 is 2.39 bits per heavy atom. The molecule has 0 bridgehead atoms. The second-order valence-corrected chi connectivity index (χ2v) is 4.81. The minimum atomic E-state index is -0.387. The molecule has 1 aromatic heterocycles. The van der Waals surface area contributed by atoms with E-state index in [0.717, 1.165) is 18.7 Å². The number of aromatic nitrogens is 2. The summed E-state index contributed by atoms with van der Waals surface area (Å²) in [6, 6.07) is 0. The number of hydrogen-bond acceptors (Lipinski definition) is 5. The van der Waals surface area contributed by atoms with E-state index in [-0.39, 0.29) is 12.0 Å². The maximum absolute atomic E-state index is 11.5. The molecule has 1 fully saturated rings. The lowest BCUT2D eigenvalue weighted by Gasteiger charge is -2.05. The highest BCUT2D eigenvalue weighted by molar-refractivity contribution is 5.75. The SMILES string of the molecule is CC(O)CCNC(=O)CCc1nc(C2CC2)no1. The van der Waals surface area contributed by atoms with Crippen molar-refractivity contribution in [1.29, 1.82) is 0 Å². The molecule has 1 amide bonds. The molecule has 1 unspecified atom stereocenters. The average Bonchev–Trinajstić information content (AvgIpc) is 3.06. The van der Waals surface area contributed by atoms with Crippen molar-refractivity contribution in [2.45, 2.75) is 51.0 Å². The number of carbonyl (C=O) groups excluding carboxylic acids is 1. The predicted molar refractivity (Wildman–Crippen MR) is 63.9 cm³/mol. The summed E-state index contributed by atoms with van der Waals surface area (Å²) in [6.45, 7) is 2.19. The first-order valence-electron chi connectivity index (χ1n) is 6.42. The Morgan fingerprint density at radius 3 is 3.06 bits per heavy atom. The molecule has 6 nitrogen and oxygen atoms in total. The van der Waals surface area contributed by atoms with E-state index < -0.39 is 0 Å². The molecule has 1 aliphatic carbocycles. The average molecular weight is 253 g/mol. The molecule has 6 heteroatoms. The fraction of sp³-hybridized carbons (Fsp3) is 0.750. The maximum Gasteiger partial charge on any atom is 0.227 e. The van der Waals surface area contributed by atoms with Gasteiger partial charge in [0.2, 0.25) is 11.8 Å². The van der Waals surface area contributed by atoms with E-state index in [0.29, 0.717) is 37.6 Å². The van der Waals surface area contributed by atoms with Crippen molar-refractivity contribution in [1.82, 2.24) is 15.5 Å². The number of carbonyl (C=O) groups is 1. The van der Waals surface area contributed by atoms with Crippen LogP contribution in [0.15, 0.2) is 4.52 Å². The summed E-state index contributed by atoms with van der Waals surface area (Å²) in [5.41, 5.74) is 0. The van der Waals surface area contributed by atoms with Crippen molar-refractivity contribution in [3.63, 3.8) is 0 Å². The molecule has 0 aromatic carbocycles. The zero-order valence-electron chi connectivity index (χ0n) is 10.6. The number of nitrogens with one attached hydrogen (secondary N) is 1. The molecule has 1 aliphatic rings. The van der Waals surface area contributed by atoms with Gasteiger partial charge in [-0.25, -0.2) is 0 Å². The number of aryl methyl sites for hydroxylation is 1. The van der Waals surface area contributed by atoms with E-state index in [9.17, 15) is 4.79 Å². The zero-order chi connectivity index (χ0) is 13.0. The molecule has 1 heterocycles. The van der Waals surface area contributed by atoms with Gasteiger partial charge < -0.3 is 14.9 Å². The number of amides is 1. The first-order chi connectivity index (χ1) is 8.65. The quantitative estimate of drug-likeness (QED) is 0.749. The number of rotatable bonds is 7. The van der Waals surface area contributed by atoms with Gasteiger partial charge in [-0.3, -0.25) is 4.79 Å². The van der Waals surface area contributed by atoms with E-state index in [1.807, 2.05) is 0 Å². The number of aliphatic hydroxyl groups excluding tert-OH is 1. The highest BCUT2D eigenvalue weighted by Gasteiger charge is 2.28. The van der Waals surface area contributed by atoms with E-state index in [2.05, 4.69) is 15.5 Å². The van der Waals surface area contributed by atoms with Crippen LogP contribution < -0.4 is 5.32 Å². The van der Waals surface area contributed by atoms with Crippen molar-refractivity contribution < 1.29 is 14.4 Å². The Morgan fingerprint density at radius 1 is 1.61 bits per heavy atom. The highest BCUT2D eigenvalue weighted by atomic mass is 16.5. The van der Waals surface area contributed by atoms with Crippen LogP contribution in [0.25, 0.3) is 0 Å². The van der Waals surface area contributed by atoms with Gasteiger partial charge in [0.25, 0.3) is 0 Å². The van der Waals surface area contributed by atoms with E-state index in [4.69, 9.17) is 9.63 Å². The summed E-state index contributed by atoms with van der Waals surface area (Å²) in [4.78, 5) is 15.7. The third kappa shape index (κ3) is 4.10. The van der Waals surface area contributed by atoms with Crippen LogP contribution in [-0.4, -0.2) is 33.8 Å². The Bertz CT molecular complexity index is 399. The van der Waals surface area contributed by atoms with Gasteiger partial charge in [0, 0.05) is 25.3 Å². The molecular formula is C12H19N3O3. The molecular weight excluding hydrogens is 234 g/mol. The van der Waals surface area contributed by atoms with Crippen molar-refractivity contribution in [2.75, 3.05) is 6.54 Å². The van der Waals surface area contributed by atoms with Crippen LogP contribution in [0.4, 0.5) is 0 Å². The van der Waals surface area contributed by atoms with Crippen molar-refractivity contribution >= 4 is 5.91 Å². The minimum Gasteiger partial charge on any atom is -0.393 e. The van der Waals surface area contributed by atoms with Crippen LogP contribution in [0.2, 0.25) is 0 Å². The second-order valence-electron chi connectivity index (χ2n) is 4.81. The third-order valence-electron chi connectivity index (χ3n) is 2.88. The van der Waals surface area contributed by atoms with E-state index in [1.165, 1.54) is 0 Å². The monoisotopic (exact) mass is 253 g/mol. The summed E-state index contributed by atoms with van der Waals surface area (Å²) in [7, 11) is 0. The summed E-state index contributed by atoms with van der Waals surface area (Å²) in [5.74, 6) is 1.73. The van der Waals surface area contributed by atoms with Gasteiger partial charge in [0.05, 0.1) is 6.10 Å². The molecule has 1 saturated carbocycles. The smallest absolute Gasteiger partial charge is 0.227 e. The number of hydrogen-bond donors (Lipinski definition) is 2. The lowest BCUT2D eigenvalue weighted by molar-refractivity contribution is -0.121. The van der Waals surface area contributed by atoms with Gasteiger partial charge in [-0.2, -0.15) is 4.98 Å². The van der Waals surface area contributed by atoms with Crippen molar-refractivity contribution in [2.24, 2.45) is 0 Å². The van der Waals surface area contributed by atoms with Gasteiger partial charge in [-0.1, -0.05) is 5.16 Å². The molecule has 0 spiro atoms. The topological polar surface area (TPSA) is 88.2 Å². The molecule has 2 N–H and O–H groups in total. The first kappa shape index (κ1) is 13.0. The number of nitrogens with zero attached hydrogens (tertiary/aromatic N) is 2. The highest BCUT2D eigenvalue weighted by Crippen LogP contribution is 2.38. The summed E-state index contributed by atoms with van der Waals surface area (Å²) < 4.78 is 5.08. The maximum atomic E-state index is 11.5. The molecule has 1 aromatic rings. The first-order valence-corrected chi connectivity index (χ1v) is 6.42. The van der Waals surface area contributed by atoms with Crippen LogP contribution in [0.1, 0.15) is 50.2 Å². The van der Waals surface area contributed by atoms with Crippen LogP contribution in [-0.2, 0) is 11.2 Å².